The van der Waals surface area contributed by atoms with Crippen molar-refractivity contribution < 1.29 is 0 Å². The first kappa shape index (κ1) is 16.2. The molecule has 0 aliphatic carbocycles. The summed E-state index contributed by atoms with van der Waals surface area (Å²) in [4.78, 5) is 4.72. The number of hydrogen-bond acceptors (Lipinski definition) is 3. The van der Waals surface area contributed by atoms with Crippen LogP contribution in [0.5, 0.6) is 0 Å². The predicted molar refractivity (Wildman–Crippen MR) is 92.0 cm³/mol. The zero-order valence-corrected chi connectivity index (χ0v) is 14.7. The van der Waals surface area contributed by atoms with Crippen molar-refractivity contribution in [3.8, 4) is 0 Å². The van der Waals surface area contributed by atoms with E-state index < -0.39 is 0 Å². The molecule has 3 heteroatoms. The highest BCUT2D eigenvalue weighted by Gasteiger charge is 2.21. The molecule has 114 valence electrons. The number of nitrogens with two attached hydrogens (primary N) is 1. The summed E-state index contributed by atoms with van der Waals surface area (Å²) >= 11 is 1.65. The van der Waals surface area contributed by atoms with Gasteiger partial charge in [0.2, 0.25) is 0 Å². The third-order valence-electron chi connectivity index (χ3n) is 3.69. The average molecular weight is 302 g/mol. The maximum atomic E-state index is 6.38. The molecule has 0 spiro atoms. The first-order valence-corrected chi connectivity index (χ1v) is 8.29. The summed E-state index contributed by atoms with van der Waals surface area (Å²) in [6, 6.07) is 8.47. The lowest BCUT2D eigenvalue weighted by molar-refractivity contribution is 0.569. The largest absolute Gasteiger partial charge is 0.318 e. The Morgan fingerprint density at radius 2 is 1.52 bits per heavy atom. The predicted octanol–water partition coefficient (Wildman–Crippen LogP) is 4.79. The molecule has 2 rings (SSSR count). The van der Waals surface area contributed by atoms with Crippen LogP contribution in [0.3, 0.4) is 0 Å². The van der Waals surface area contributed by atoms with Crippen molar-refractivity contribution in [2.75, 3.05) is 0 Å². The van der Waals surface area contributed by atoms with Crippen molar-refractivity contribution in [3.05, 3.63) is 51.5 Å². The third kappa shape index (κ3) is 3.72. The summed E-state index contributed by atoms with van der Waals surface area (Å²) < 4.78 is 0. The van der Waals surface area contributed by atoms with Gasteiger partial charge in [-0.05, 0) is 16.5 Å². The Morgan fingerprint density at radius 1 is 0.952 bits per heavy atom. The van der Waals surface area contributed by atoms with Crippen LogP contribution in [0.2, 0.25) is 0 Å². The summed E-state index contributed by atoms with van der Waals surface area (Å²) in [6.07, 6.45) is 0. The second-order valence-corrected chi connectivity index (χ2v) is 8.56. The summed E-state index contributed by atoms with van der Waals surface area (Å²) in [5.41, 5.74) is 10.2. The number of nitrogens with zero attached hydrogens (tertiary/aromatic N) is 1. The van der Waals surface area contributed by atoms with Crippen LogP contribution in [0.15, 0.2) is 29.6 Å². The van der Waals surface area contributed by atoms with E-state index in [1.54, 1.807) is 11.3 Å². The number of aromatic nitrogens is 1. The highest BCUT2D eigenvalue weighted by atomic mass is 32.1. The van der Waals surface area contributed by atoms with Gasteiger partial charge in [-0.25, -0.2) is 4.98 Å². The molecule has 0 aliphatic rings. The standard InChI is InChI=1S/C18H26N2S/c1-17(2,3)13-9-7-12(8-10-13)15(19)16-20-14(11-21-16)18(4,5)6/h7-11,15H,19H2,1-6H3. The molecule has 21 heavy (non-hydrogen) atoms. The van der Waals surface area contributed by atoms with Crippen LogP contribution in [0, 0.1) is 0 Å². The Hall–Kier alpha value is -1.19. The fraction of sp³-hybridized carbons (Fsp3) is 0.500. The minimum absolute atomic E-state index is 0.0740. The maximum Gasteiger partial charge on any atom is 0.114 e. The van der Waals surface area contributed by atoms with Gasteiger partial charge >= 0.3 is 0 Å². The molecule has 2 N–H and O–H groups in total. The summed E-state index contributed by atoms with van der Waals surface area (Å²) in [5, 5.41) is 3.11. The van der Waals surface area contributed by atoms with Gasteiger partial charge in [-0.15, -0.1) is 11.3 Å². The lowest BCUT2D eigenvalue weighted by Gasteiger charge is -2.20. The van der Waals surface area contributed by atoms with Crippen LogP contribution in [0.25, 0.3) is 0 Å². The van der Waals surface area contributed by atoms with Crippen molar-refractivity contribution in [1.82, 2.24) is 4.98 Å². The highest BCUT2D eigenvalue weighted by Crippen LogP contribution is 2.30. The van der Waals surface area contributed by atoms with Crippen LogP contribution < -0.4 is 5.73 Å². The average Bonchev–Trinajstić information content (AvgIpc) is 2.86. The molecule has 1 atom stereocenters. The van der Waals surface area contributed by atoms with Gasteiger partial charge in [0.05, 0.1) is 11.7 Å². The van der Waals surface area contributed by atoms with E-state index in [2.05, 4.69) is 71.2 Å². The molecule has 0 fully saturated rings. The number of benzene rings is 1. The van der Waals surface area contributed by atoms with Crippen molar-refractivity contribution in [2.45, 2.75) is 58.4 Å². The Bertz CT molecular complexity index is 597. The zero-order chi connectivity index (χ0) is 15.8. The van der Waals surface area contributed by atoms with Gasteiger partial charge < -0.3 is 5.73 Å². The monoisotopic (exact) mass is 302 g/mol. The lowest BCUT2D eigenvalue weighted by atomic mass is 9.86. The van der Waals surface area contributed by atoms with Crippen molar-refractivity contribution in [2.24, 2.45) is 5.73 Å². The summed E-state index contributed by atoms with van der Waals surface area (Å²) in [7, 11) is 0. The molecule has 1 aromatic carbocycles. The second-order valence-electron chi connectivity index (χ2n) is 7.67. The topological polar surface area (TPSA) is 38.9 Å². The SMILES string of the molecule is CC(C)(C)c1ccc(C(N)c2nc(C(C)(C)C)cs2)cc1. The first-order chi connectivity index (χ1) is 9.59. The summed E-state index contributed by atoms with van der Waals surface area (Å²) in [6.45, 7) is 13.2. The van der Waals surface area contributed by atoms with Crippen molar-refractivity contribution in [3.63, 3.8) is 0 Å². The van der Waals surface area contributed by atoms with Gasteiger partial charge in [0.1, 0.15) is 5.01 Å². The fourth-order valence-corrected chi connectivity index (χ4v) is 3.18. The number of thiazole rings is 1. The minimum Gasteiger partial charge on any atom is -0.318 e. The molecule has 0 saturated heterocycles. The van der Waals surface area contributed by atoms with E-state index in [0.29, 0.717) is 0 Å². The van der Waals surface area contributed by atoms with E-state index in [9.17, 15) is 0 Å². The van der Waals surface area contributed by atoms with E-state index in [1.807, 2.05) is 0 Å². The van der Waals surface area contributed by atoms with Gasteiger partial charge in [0, 0.05) is 10.8 Å². The molecule has 2 nitrogen and oxygen atoms in total. The Morgan fingerprint density at radius 3 is 1.95 bits per heavy atom. The van der Waals surface area contributed by atoms with Gasteiger partial charge in [0.25, 0.3) is 0 Å². The minimum atomic E-state index is -0.139. The Balaban J connectivity index is 2.24. The normalized spacial score (nSPS) is 14.2. The molecule has 0 aliphatic heterocycles. The van der Waals surface area contributed by atoms with Crippen LogP contribution >= 0.6 is 11.3 Å². The van der Waals surface area contributed by atoms with Gasteiger partial charge in [-0.1, -0.05) is 65.8 Å². The van der Waals surface area contributed by atoms with Crippen molar-refractivity contribution >= 4 is 11.3 Å². The Kier molecular flexibility index (Phi) is 4.27. The molecule has 0 radical (unpaired) electrons. The van der Waals surface area contributed by atoms with Crippen molar-refractivity contribution in [1.29, 1.82) is 0 Å². The van der Waals surface area contributed by atoms with E-state index in [4.69, 9.17) is 10.7 Å². The van der Waals surface area contributed by atoms with Gasteiger partial charge in [-0.2, -0.15) is 0 Å². The Labute approximate surface area is 132 Å². The third-order valence-corrected chi connectivity index (χ3v) is 4.62. The van der Waals surface area contributed by atoms with E-state index >= 15 is 0 Å². The number of rotatable bonds is 2. The molecule has 2 aromatic rings. The summed E-state index contributed by atoms with van der Waals surface area (Å²) in [5.74, 6) is 0. The molecular weight excluding hydrogens is 276 g/mol. The molecule has 0 amide bonds. The zero-order valence-electron chi connectivity index (χ0n) is 13.9. The van der Waals surface area contributed by atoms with Gasteiger partial charge in [0.15, 0.2) is 0 Å². The highest BCUT2D eigenvalue weighted by molar-refractivity contribution is 7.09. The molecule has 1 unspecified atom stereocenters. The second kappa shape index (κ2) is 5.54. The molecule has 0 saturated carbocycles. The lowest BCUT2D eigenvalue weighted by Crippen LogP contribution is -2.16. The van der Waals surface area contributed by atoms with Crippen LogP contribution in [-0.4, -0.2) is 4.98 Å². The van der Waals surface area contributed by atoms with E-state index in [-0.39, 0.29) is 16.9 Å². The van der Waals surface area contributed by atoms with Crippen LogP contribution in [-0.2, 0) is 10.8 Å². The number of hydrogen-bond donors (Lipinski definition) is 1. The van der Waals surface area contributed by atoms with Gasteiger partial charge in [-0.3, -0.25) is 0 Å². The molecular formula is C18H26N2S. The first-order valence-electron chi connectivity index (χ1n) is 7.41. The van der Waals surface area contributed by atoms with Crippen LogP contribution in [0.1, 0.15) is 69.4 Å². The molecule has 1 heterocycles. The van der Waals surface area contributed by atoms with E-state index in [1.165, 1.54) is 5.56 Å². The maximum absolute atomic E-state index is 6.38. The molecule has 0 bridgehead atoms. The molecule has 1 aromatic heterocycles. The smallest absolute Gasteiger partial charge is 0.114 e. The fourth-order valence-electron chi connectivity index (χ4n) is 2.11. The quantitative estimate of drug-likeness (QED) is 0.866. The van der Waals surface area contributed by atoms with Crippen LogP contribution in [0.4, 0.5) is 0 Å². The van der Waals surface area contributed by atoms with E-state index in [0.717, 1.165) is 16.3 Å².